The number of pyridine rings is 1. The molecule has 0 N–H and O–H groups in total. The maximum Gasteiger partial charge on any atom is 0.0702 e. The maximum absolute atomic E-state index is 5.13. The highest BCUT2D eigenvalue weighted by Gasteiger charge is 2.18. The lowest BCUT2D eigenvalue weighted by Gasteiger charge is -2.17. The monoisotopic (exact) mass is 925 g/mol. The van der Waals surface area contributed by atoms with Crippen LogP contribution >= 0.6 is 11.3 Å². The van der Waals surface area contributed by atoms with Gasteiger partial charge in [0.2, 0.25) is 0 Å². The molecule has 4 heterocycles. The zero-order valence-corrected chi connectivity index (χ0v) is 39.3. The Bertz CT molecular complexity index is 3910. The van der Waals surface area contributed by atoms with E-state index in [4.69, 9.17) is 15.2 Å². The molecule has 0 atom stereocenters. The summed E-state index contributed by atoms with van der Waals surface area (Å²) in [6.07, 6.45) is 10.2. The summed E-state index contributed by atoms with van der Waals surface area (Å²) in [5.41, 5.74) is 19.5. The van der Waals surface area contributed by atoms with Gasteiger partial charge in [-0.15, -0.1) is 11.3 Å². The van der Waals surface area contributed by atoms with E-state index in [-0.39, 0.29) is 0 Å². The molecule has 4 aromatic heterocycles. The Morgan fingerprint density at radius 3 is 1.27 bits per heavy atom. The highest BCUT2D eigenvalue weighted by atomic mass is 32.1. The molecule has 0 aliphatic rings. The van der Waals surface area contributed by atoms with Gasteiger partial charge in [0.15, 0.2) is 0 Å². The summed E-state index contributed by atoms with van der Waals surface area (Å²) in [6.45, 7) is 0. The molecule has 0 aliphatic heterocycles. The first-order valence-electron chi connectivity index (χ1n) is 23.8. The maximum atomic E-state index is 5.13. The lowest BCUT2D eigenvalue weighted by atomic mass is 9.87. The number of hydrogen-bond acceptors (Lipinski definition) is 4. The van der Waals surface area contributed by atoms with Crippen LogP contribution in [0.3, 0.4) is 0 Å². The number of aromatic nitrogens is 5. The molecule has 9 aromatic carbocycles. The average Bonchev–Trinajstić information content (AvgIpc) is 4.24. The molecule has 0 radical (unpaired) electrons. The minimum Gasteiger partial charge on any atom is -0.256 e. The molecule has 5 nitrogen and oxygen atoms in total. The SMILES string of the molecule is c1ccc(-n2cc(-c3ccccc3-c3cc(-c4ccccc4-c4ccc(-c5cccc(-c6ccc7c(c6)sc6ccccc67)c5)nc4)cc(-c4ccccc4-c4cnn(-c5ccccc5)c4)c3)cn2)cc1. The summed E-state index contributed by atoms with van der Waals surface area (Å²) in [5, 5.41) is 12.2. The standard InChI is InChI=1S/C65H43N5S/c1-3-18-53(19-4-1)69-42-51(40-67-69)59-26-11-9-24-57(59)49-35-48(36-50(37-49)58-25-10-12-27-60(58)52-41-68-70(43-52)54-20-5-2-6-21-54)56-23-8-7-22-55(56)47-31-33-63(66-39-47)46-17-15-16-44(34-46)45-30-32-62-61-28-13-14-29-64(61)71-65(62)38-45/h1-43H. The van der Waals surface area contributed by atoms with Crippen LogP contribution in [0.2, 0.25) is 0 Å². The number of nitrogens with zero attached hydrogens (tertiary/aromatic N) is 5. The van der Waals surface area contributed by atoms with E-state index in [2.05, 4.69) is 207 Å². The zero-order chi connectivity index (χ0) is 47.1. The van der Waals surface area contributed by atoms with Crippen LogP contribution in [0.1, 0.15) is 0 Å². The van der Waals surface area contributed by atoms with E-state index in [1.165, 1.54) is 31.3 Å². The summed E-state index contributed by atoms with van der Waals surface area (Å²) >= 11 is 1.85. The summed E-state index contributed by atoms with van der Waals surface area (Å²) in [7, 11) is 0. The summed E-state index contributed by atoms with van der Waals surface area (Å²) in [5.74, 6) is 0. The van der Waals surface area contributed by atoms with E-state index in [1.807, 2.05) is 75.7 Å². The Morgan fingerprint density at radius 1 is 0.282 bits per heavy atom. The second-order valence-corrected chi connectivity index (χ2v) is 18.9. The van der Waals surface area contributed by atoms with Gasteiger partial charge in [-0.1, -0.05) is 164 Å². The first kappa shape index (κ1) is 41.9. The fraction of sp³-hybridized carbons (Fsp3) is 0. The summed E-state index contributed by atoms with van der Waals surface area (Å²) < 4.78 is 6.50. The molecule has 0 aliphatic carbocycles. The summed E-state index contributed by atoms with van der Waals surface area (Å²) in [6, 6.07) is 82.1. The third kappa shape index (κ3) is 8.02. The van der Waals surface area contributed by atoms with Crippen LogP contribution in [0.4, 0.5) is 0 Å². The van der Waals surface area contributed by atoms with E-state index in [9.17, 15) is 0 Å². The molecule has 0 amide bonds. The van der Waals surface area contributed by atoms with E-state index in [0.717, 1.165) is 89.4 Å². The van der Waals surface area contributed by atoms with Crippen LogP contribution in [0, 0.1) is 0 Å². The summed E-state index contributed by atoms with van der Waals surface area (Å²) in [4.78, 5) is 5.13. The van der Waals surface area contributed by atoms with Crippen molar-refractivity contribution >= 4 is 31.5 Å². The first-order valence-corrected chi connectivity index (χ1v) is 24.6. The van der Waals surface area contributed by atoms with Crippen LogP contribution < -0.4 is 0 Å². The molecule has 0 spiro atoms. The molecular weight excluding hydrogens is 883 g/mol. The smallest absolute Gasteiger partial charge is 0.0702 e. The van der Waals surface area contributed by atoms with E-state index in [0.29, 0.717) is 0 Å². The van der Waals surface area contributed by atoms with Gasteiger partial charge in [0, 0.05) is 61.0 Å². The van der Waals surface area contributed by atoms with Crippen LogP contribution in [-0.4, -0.2) is 24.5 Å². The second kappa shape index (κ2) is 18.0. The Labute approximate surface area is 415 Å². The minimum atomic E-state index is 0.930. The van der Waals surface area contributed by atoms with Crippen LogP contribution in [0.15, 0.2) is 262 Å². The van der Waals surface area contributed by atoms with E-state index >= 15 is 0 Å². The molecule has 0 fully saturated rings. The molecule has 0 bridgehead atoms. The third-order valence-electron chi connectivity index (χ3n) is 13.4. The van der Waals surface area contributed by atoms with Crippen molar-refractivity contribution in [2.75, 3.05) is 0 Å². The van der Waals surface area contributed by atoms with Gasteiger partial charge in [-0.25, -0.2) is 9.36 Å². The molecule has 13 aromatic rings. The lowest BCUT2D eigenvalue weighted by Crippen LogP contribution is -1.93. The van der Waals surface area contributed by atoms with E-state index in [1.54, 1.807) is 0 Å². The van der Waals surface area contributed by atoms with Crippen molar-refractivity contribution < 1.29 is 0 Å². The van der Waals surface area contributed by atoms with Gasteiger partial charge in [0.1, 0.15) is 0 Å². The fourth-order valence-electron chi connectivity index (χ4n) is 9.91. The Balaban J connectivity index is 0.901. The Kier molecular flexibility index (Phi) is 10.6. The van der Waals surface area contributed by atoms with Gasteiger partial charge in [-0.3, -0.25) is 4.98 Å². The molecule has 0 saturated carbocycles. The van der Waals surface area contributed by atoms with Gasteiger partial charge >= 0.3 is 0 Å². The van der Waals surface area contributed by atoms with Crippen molar-refractivity contribution in [1.82, 2.24) is 24.5 Å². The van der Waals surface area contributed by atoms with Crippen LogP contribution in [0.25, 0.3) is 121 Å². The van der Waals surface area contributed by atoms with Crippen LogP contribution in [-0.2, 0) is 0 Å². The van der Waals surface area contributed by atoms with Crippen molar-refractivity contribution in [2.45, 2.75) is 0 Å². The Morgan fingerprint density at radius 2 is 0.718 bits per heavy atom. The average molecular weight is 926 g/mol. The van der Waals surface area contributed by atoms with Gasteiger partial charge in [0.05, 0.1) is 29.5 Å². The first-order chi connectivity index (χ1) is 35.2. The molecule has 6 heteroatoms. The van der Waals surface area contributed by atoms with E-state index < -0.39 is 0 Å². The highest BCUT2D eigenvalue weighted by Crippen LogP contribution is 2.43. The van der Waals surface area contributed by atoms with Crippen molar-refractivity contribution in [1.29, 1.82) is 0 Å². The van der Waals surface area contributed by atoms with Gasteiger partial charge in [-0.05, 0) is 128 Å². The van der Waals surface area contributed by atoms with Crippen molar-refractivity contribution in [2.24, 2.45) is 0 Å². The number of fused-ring (bicyclic) bond motifs is 3. The van der Waals surface area contributed by atoms with Crippen molar-refractivity contribution in [3.63, 3.8) is 0 Å². The largest absolute Gasteiger partial charge is 0.256 e. The highest BCUT2D eigenvalue weighted by molar-refractivity contribution is 7.25. The molecule has 0 saturated heterocycles. The van der Waals surface area contributed by atoms with Crippen molar-refractivity contribution in [3.8, 4) is 101 Å². The zero-order valence-electron chi connectivity index (χ0n) is 38.5. The second-order valence-electron chi connectivity index (χ2n) is 17.8. The topological polar surface area (TPSA) is 48.5 Å². The molecule has 13 rings (SSSR count). The minimum absolute atomic E-state index is 0.930. The van der Waals surface area contributed by atoms with Gasteiger partial charge in [0.25, 0.3) is 0 Å². The molecule has 334 valence electrons. The number of thiophene rings is 1. The quantitative estimate of drug-likeness (QED) is 0.137. The molecular formula is C65H43N5S. The normalized spacial score (nSPS) is 11.4. The number of rotatable bonds is 10. The fourth-order valence-corrected chi connectivity index (χ4v) is 11.1. The predicted octanol–water partition coefficient (Wildman–Crippen LogP) is 17.2. The van der Waals surface area contributed by atoms with Crippen molar-refractivity contribution in [3.05, 3.63) is 262 Å². The predicted molar refractivity (Wildman–Crippen MR) is 295 cm³/mol. The molecule has 71 heavy (non-hydrogen) atoms. The lowest BCUT2D eigenvalue weighted by molar-refractivity contribution is 0.881. The number of para-hydroxylation sites is 2. The molecule has 0 unspecified atom stereocenters. The van der Waals surface area contributed by atoms with Crippen LogP contribution in [0.5, 0.6) is 0 Å². The number of hydrogen-bond donors (Lipinski definition) is 0. The number of benzene rings is 9. The van der Waals surface area contributed by atoms with Gasteiger partial charge in [-0.2, -0.15) is 10.2 Å². The van der Waals surface area contributed by atoms with Gasteiger partial charge < -0.3 is 0 Å². The Hall–Kier alpha value is -9.23. The third-order valence-corrected chi connectivity index (χ3v) is 14.6.